The second-order valence-electron chi connectivity index (χ2n) is 5.30. The molecule has 0 aliphatic carbocycles. The van der Waals surface area contributed by atoms with Crippen LogP contribution in [0.4, 0.5) is 4.39 Å². The molecule has 2 aromatic carbocycles. The van der Waals surface area contributed by atoms with Gasteiger partial charge in [0.1, 0.15) is 23.9 Å². The molecule has 1 aromatic heterocycles. The van der Waals surface area contributed by atoms with Crippen LogP contribution in [0.2, 0.25) is 5.02 Å². The fraction of sp³-hybridized carbons (Fsp3) is 0.167. The molecule has 1 N–H and O–H groups in total. The molecular formula is C18H15ClFN3O3. The summed E-state index contributed by atoms with van der Waals surface area (Å²) in [5.74, 6) is -0.873. The lowest BCUT2D eigenvalue weighted by Gasteiger charge is -2.11. The standard InChI is InChI=1S/C18H15ClFN3O3/c1-2-25-18(24)17-16(21-23-22-17)14-7-6-13(20)9-15(14)26-10-11-4-3-5-12(19)8-11/h3-9H,2,10H2,1H3,(H,21,22,23). The van der Waals surface area contributed by atoms with Gasteiger partial charge in [0, 0.05) is 16.7 Å². The number of H-pyrrole nitrogens is 1. The number of ether oxygens (including phenoxy) is 2. The van der Waals surface area contributed by atoms with Gasteiger partial charge in [0.15, 0.2) is 5.69 Å². The summed E-state index contributed by atoms with van der Waals surface area (Å²) in [4.78, 5) is 12.0. The number of aromatic nitrogens is 3. The van der Waals surface area contributed by atoms with E-state index in [9.17, 15) is 9.18 Å². The van der Waals surface area contributed by atoms with Crippen molar-refractivity contribution >= 4 is 17.6 Å². The highest BCUT2D eigenvalue weighted by Crippen LogP contribution is 2.32. The number of hydrogen-bond acceptors (Lipinski definition) is 5. The van der Waals surface area contributed by atoms with Gasteiger partial charge >= 0.3 is 5.97 Å². The first-order valence-corrected chi connectivity index (χ1v) is 8.21. The van der Waals surface area contributed by atoms with Crippen molar-refractivity contribution in [2.24, 2.45) is 0 Å². The Labute approximate surface area is 153 Å². The summed E-state index contributed by atoms with van der Waals surface area (Å²) in [6.45, 7) is 2.06. The van der Waals surface area contributed by atoms with Crippen molar-refractivity contribution in [2.75, 3.05) is 6.61 Å². The molecule has 0 spiro atoms. The average Bonchev–Trinajstić information content (AvgIpc) is 3.10. The second kappa shape index (κ2) is 7.97. The number of carbonyl (C=O) groups is 1. The van der Waals surface area contributed by atoms with Crippen LogP contribution in [0.1, 0.15) is 23.0 Å². The van der Waals surface area contributed by atoms with Crippen molar-refractivity contribution < 1.29 is 18.7 Å². The van der Waals surface area contributed by atoms with Gasteiger partial charge in [0.25, 0.3) is 0 Å². The Kier molecular flexibility index (Phi) is 5.48. The van der Waals surface area contributed by atoms with Crippen molar-refractivity contribution in [3.8, 4) is 17.0 Å². The third-order valence-electron chi connectivity index (χ3n) is 3.50. The fourth-order valence-electron chi connectivity index (χ4n) is 2.36. The van der Waals surface area contributed by atoms with Crippen LogP contribution >= 0.6 is 11.6 Å². The number of halogens is 2. The molecule has 0 aliphatic rings. The van der Waals surface area contributed by atoms with E-state index in [-0.39, 0.29) is 30.4 Å². The lowest BCUT2D eigenvalue weighted by molar-refractivity contribution is 0.0520. The summed E-state index contributed by atoms with van der Waals surface area (Å²) in [5, 5.41) is 10.8. The minimum Gasteiger partial charge on any atom is -0.488 e. The monoisotopic (exact) mass is 375 g/mol. The van der Waals surface area contributed by atoms with E-state index in [1.165, 1.54) is 18.2 Å². The van der Waals surface area contributed by atoms with E-state index in [4.69, 9.17) is 21.1 Å². The quantitative estimate of drug-likeness (QED) is 0.658. The van der Waals surface area contributed by atoms with E-state index < -0.39 is 11.8 Å². The summed E-state index contributed by atoms with van der Waals surface area (Å²) in [5.41, 5.74) is 1.47. The van der Waals surface area contributed by atoms with Gasteiger partial charge in [-0.1, -0.05) is 23.7 Å². The van der Waals surface area contributed by atoms with Crippen molar-refractivity contribution in [3.05, 3.63) is 64.6 Å². The topological polar surface area (TPSA) is 77.1 Å². The zero-order valence-corrected chi connectivity index (χ0v) is 14.6. The normalized spacial score (nSPS) is 10.6. The van der Waals surface area contributed by atoms with Crippen LogP contribution < -0.4 is 4.74 Å². The zero-order valence-electron chi connectivity index (χ0n) is 13.8. The number of nitrogens with zero attached hydrogens (tertiary/aromatic N) is 2. The van der Waals surface area contributed by atoms with Gasteiger partial charge in [-0.15, -0.1) is 5.10 Å². The molecule has 0 unspecified atom stereocenters. The Bertz CT molecular complexity index is 930. The van der Waals surface area contributed by atoms with E-state index in [2.05, 4.69) is 15.4 Å². The number of rotatable bonds is 6. The van der Waals surface area contributed by atoms with Gasteiger partial charge in [-0.3, -0.25) is 0 Å². The van der Waals surface area contributed by atoms with E-state index in [1.54, 1.807) is 25.1 Å². The predicted molar refractivity (Wildman–Crippen MR) is 93.5 cm³/mol. The largest absolute Gasteiger partial charge is 0.488 e. The molecule has 0 saturated carbocycles. The lowest BCUT2D eigenvalue weighted by Crippen LogP contribution is -2.07. The molecule has 0 bridgehead atoms. The van der Waals surface area contributed by atoms with Crippen LogP contribution in [-0.4, -0.2) is 28.0 Å². The Morgan fingerprint density at radius 2 is 2.08 bits per heavy atom. The Morgan fingerprint density at radius 1 is 1.23 bits per heavy atom. The Hall–Kier alpha value is -2.93. The van der Waals surface area contributed by atoms with E-state index >= 15 is 0 Å². The van der Waals surface area contributed by atoms with E-state index in [1.807, 2.05) is 6.07 Å². The number of esters is 1. The Morgan fingerprint density at radius 3 is 2.85 bits per heavy atom. The minimum absolute atomic E-state index is 0.00561. The molecule has 0 fully saturated rings. The highest BCUT2D eigenvalue weighted by molar-refractivity contribution is 6.30. The SMILES string of the molecule is CCOC(=O)c1n[nH]nc1-c1ccc(F)cc1OCc1cccc(Cl)c1. The third-order valence-corrected chi connectivity index (χ3v) is 3.73. The van der Waals surface area contributed by atoms with Crippen LogP contribution in [0.25, 0.3) is 11.3 Å². The van der Waals surface area contributed by atoms with Gasteiger partial charge in [-0.25, -0.2) is 9.18 Å². The number of benzene rings is 2. The Balaban J connectivity index is 1.92. The first-order valence-electron chi connectivity index (χ1n) is 7.83. The first-order chi connectivity index (χ1) is 12.6. The predicted octanol–water partition coefficient (Wildman–Crippen LogP) is 4.02. The molecule has 3 rings (SSSR count). The van der Waals surface area contributed by atoms with Crippen molar-refractivity contribution in [2.45, 2.75) is 13.5 Å². The van der Waals surface area contributed by atoms with Crippen LogP contribution in [0.15, 0.2) is 42.5 Å². The number of carbonyl (C=O) groups excluding carboxylic acids is 1. The molecule has 0 atom stereocenters. The molecule has 134 valence electrons. The number of aromatic amines is 1. The molecule has 0 radical (unpaired) electrons. The van der Waals surface area contributed by atoms with Crippen LogP contribution in [0, 0.1) is 5.82 Å². The lowest BCUT2D eigenvalue weighted by atomic mass is 10.1. The van der Waals surface area contributed by atoms with Gasteiger partial charge in [-0.05, 0) is 36.8 Å². The van der Waals surface area contributed by atoms with Gasteiger partial charge in [-0.2, -0.15) is 10.3 Å². The second-order valence-corrected chi connectivity index (χ2v) is 5.74. The highest BCUT2D eigenvalue weighted by atomic mass is 35.5. The van der Waals surface area contributed by atoms with Gasteiger partial charge < -0.3 is 9.47 Å². The summed E-state index contributed by atoms with van der Waals surface area (Å²) in [6.07, 6.45) is 0. The molecule has 6 nitrogen and oxygen atoms in total. The molecule has 0 saturated heterocycles. The molecule has 26 heavy (non-hydrogen) atoms. The summed E-state index contributed by atoms with van der Waals surface area (Å²) in [7, 11) is 0. The summed E-state index contributed by atoms with van der Waals surface area (Å²) in [6, 6.07) is 11.1. The first kappa shape index (κ1) is 17.9. The summed E-state index contributed by atoms with van der Waals surface area (Å²) >= 11 is 5.96. The van der Waals surface area contributed by atoms with Crippen molar-refractivity contribution in [1.82, 2.24) is 15.4 Å². The van der Waals surface area contributed by atoms with Crippen LogP contribution in [0.3, 0.4) is 0 Å². The van der Waals surface area contributed by atoms with Crippen LogP contribution in [-0.2, 0) is 11.3 Å². The van der Waals surface area contributed by atoms with Gasteiger partial charge in [0.05, 0.1) is 6.61 Å². The molecule has 8 heteroatoms. The van der Waals surface area contributed by atoms with E-state index in [0.717, 1.165) is 5.56 Å². The maximum absolute atomic E-state index is 13.7. The van der Waals surface area contributed by atoms with Gasteiger partial charge in [0.2, 0.25) is 0 Å². The third kappa shape index (κ3) is 4.00. The van der Waals surface area contributed by atoms with Crippen molar-refractivity contribution in [3.63, 3.8) is 0 Å². The van der Waals surface area contributed by atoms with E-state index in [0.29, 0.717) is 10.6 Å². The number of hydrogen-bond donors (Lipinski definition) is 1. The average molecular weight is 376 g/mol. The summed E-state index contributed by atoms with van der Waals surface area (Å²) < 4.78 is 24.4. The number of nitrogens with one attached hydrogen (secondary N) is 1. The molecule has 1 heterocycles. The smallest absolute Gasteiger partial charge is 0.361 e. The minimum atomic E-state index is -0.624. The molecular weight excluding hydrogens is 361 g/mol. The van der Waals surface area contributed by atoms with Crippen molar-refractivity contribution in [1.29, 1.82) is 0 Å². The maximum atomic E-state index is 13.7. The highest BCUT2D eigenvalue weighted by Gasteiger charge is 2.22. The molecule has 0 amide bonds. The molecule has 0 aliphatic heterocycles. The fourth-order valence-corrected chi connectivity index (χ4v) is 2.57. The maximum Gasteiger partial charge on any atom is 0.361 e. The molecule has 3 aromatic rings. The zero-order chi connectivity index (χ0) is 18.5. The van der Waals surface area contributed by atoms with Crippen LogP contribution in [0.5, 0.6) is 5.75 Å².